The second kappa shape index (κ2) is 4.65. The fraction of sp³-hybridized carbons (Fsp3) is 0.500. The van der Waals surface area contributed by atoms with Crippen LogP contribution in [0.2, 0.25) is 5.15 Å². The average Bonchev–Trinajstić information content (AvgIpc) is 2.73. The summed E-state index contributed by atoms with van der Waals surface area (Å²) in [5.41, 5.74) is 0.513. The van der Waals surface area contributed by atoms with E-state index in [2.05, 4.69) is 14.9 Å². The minimum atomic E-state index is -0.919. The molecule has 5 nitrogen and oxygen atoms in total. The number of carboxylic acids is 1. The van der Waals surface area contributed by atoms with Crippen molar-refractivity contribution < 1.29 is 9.90 Å². The molecule has 0 unspecified atom stereocenters. The van der Waals surface area contributed by atoms with E-state index < -0.39 is 5.97 Å². The van der Waals surface area contributed by atoms with Crippen molar-refractivity contribution in [2.75, 3.05) is 18.0 Å². The van der Waals surface area contributed by atoms with Gasteiger partial charge in [-0.05, 0) is 12.8 Å². The topological polar surface area (TPSA) is 66.3 Å². The summed E-state index contributed by atoms with van der Waals surface area (Å²) in [4.78, 5) is 20.8. The molecule has 1 aromatic heterocycles. The van der Waals surface area contributed by atoms with Crippen LogP contribution in [0.15, 0.2) is 6.33 Å². The van der Waals surface area contributed by atoms with Crippen molar-refractivity contribution in [3.8, 4) is 0 Å². The Hall–Kier alpha value is -1.36. The summed E-state index contributed by atoms with van der Waals surface area (Å²) in [5.74, 6) is -0.253. The first kappa shape index (κ1) is 11.1. The molecule has 1 aromatic rings. The Kier molecular flexibility index (Phi) is 3.24. The Balaban J connectivity index is 2.34. The van der Waals surface area contributed by atoms with E-state index in [0.29, 0.717) is 11.4 Å². The number of carboxylic acid groups (broad SMARTS) is 1. The van der Waals surface area contributed by atoms with Crippen LogP contribution in [0.5, 0.6) is 0 Å². The second-order valence-electron chi connectivity index (χ2n) is 3.73. The molecule has 1 aliphatic rings. The highest BCUT2D eigenvalue weighted by molar-refractivity contribution is 6.30. The highest BCUT2D eigenvalue weighted by Crippen LogP contribution is 2.26. The van der Waals surface area contributed by atoms with E-state index in [1.165, 1.54) is 6.33 Å². The first-order chi connectivity index (χ1) is 7.68. The van der Waals surface area contributed by atoms with Gasteiger partial charge in [0.15, 0.2) is 0 Å². The maximum atomic E-state index is 10.8. The van der Waals surface area contributed by atoms with Gasteiger partial charge in [-0.2, -0.15) is 0 Å². The maximum Gasteiger partial charge on any atom is 0.308 e. The van der Waals surface area contributed by atoms with Gasteiger partial charge in [0, 0.05) is 18.7 Å². The molecule has 6 heteroatoms. The predicted molar refractivity (Wildman–Crippen MR) is 59.8 cm³/mol. The van der Waals surface area contributed by atoms with Crippen LogP contribution in [0.3, 0.4) is 0 Å². The number of aliphatic carboxylic acids is 1. The lowest BCUT2D eigenvalue weighted by Gasteiger charge is -2.19. The number of aromatic nitrogens is 2. The van der Waals surface area contributed by atoms with Gasteiger partial charge in [0.25, 0.3) is 0 Å². The van der Waals surface area contributed by atoms with E-state index in [1.54, 1.807) is 0 Å². The third-order valence-electron chi connectivity index (χ3n) is 2.60. The van der Waals surface area contributed by atoms with E-state index in [4.69, 9.17) is 16.7 Å². The molecule has 1 aliphatic heterocycles. The Morgan fingerprint density at radius 2 is 2.12 bits per heavy atom. The largest absolute Gasteiger partial charge is 0.481 e. The molecule has 2 heterocycles. The van der Waals surface area contributed by atoms with Gasteiger partial charge < -0.3 is 10.0 Å². The molecule has 0 spiro atoms. The number of nitrogens with zero attached hydrogens (tertiary/aromatic N) is 3. The third-order valence-corrected chi connectivity index (χ3v) is 2.93. The molecule has 0 amide bonds. The standard InChI is InChI=1S/C10H12ClN3O2/c11-9-7(5-8(15)16)10(13-6-12-9)14-3-1-2-4-14/h6H,1-5H2,(H,15,16). The number of anilines is 1. The fourth-order valence-electron chi connectivity index (χ4n) is 1.89. The van der Waals surface area contributed by atoms with Gasteiger partial charge in [-0.15, -0.1) is 0 Å². The SMILES string of the molecule is O=C(O)Cc1c(Cl)ncnc1N1CCCC1. The third kappa shape index (κ3) is 2.24. The van der Waals surface area contributed by atoms with Gasteiger partial charge in [0.2, 0.25) is 0 Å². The van der Waals surface area contributed by atoms with Gasteiger partial charge in [-0.3, -0.25) is 4.79 Å². The summed E-state index contributed by atoms with van der Waals surface area (Å²) in [7, 11) is 0. The van der Waals surface area contributed by atoms with Gasteiger partial charge in [0.1, 0.15) is 17.3 Å². The highest BCUT2D eigenvalue weighted by Gasteiger charge is 2.20. The van der Waals surface area contributed by atoms with Crippen molar-refractivity contribution in [2.45, 2.75) is 19.3 Å². The summed E-state index contributed by atoms with van der Waals surface area (Å²) in [6, 6.07) is 0. The molecular formula is C10H12ClN3O2. The second-order valence-corrected chi connectivity index (χ2v) is 4.09. The summed E-state index contributed by atoms with van der Waals surface area (Å²) >= 11 is 5.91. The minimum Gasteiger partial charge on any atom is -0.481 e. The number of rotatable bonds is 3. The fourth-order valence-corrected chi connectivity index (χ4v) is 2.08. The van der Waals surface area contributed by atoms with E-state index in [1.807, 2.05) is 0 Å². The Bertz CT molecular complexity index is 405. The van der Waals surface area contributed by atoms with E-state index in [0.717, 1.165) is 25.9 Å². The molecule has 2 rings (SSSR count). The molecule has 0 bridgehead atoms. The van der Waals surface area contributed by atoms with Crippen LogP contribution in [0.25, 0.3) is 0 Å². The highest BCUT2D eigenvalue weighted by atomic mass is 35.5. The maximum absolute atomic E-state index is 10.8. The Labute approximate surface area is 98.1 Å². The normalized spacial score (nSPS) is 15.4. The Morgan fingerprint density at radius 3 is 2.75 bits per heavy atom. The molecule has 0 atom stereocenters. The van der Waals surface area contributed by atoms with Crippen LogP contribution in [0.4, 0.5) is 5.82 Å². The molecule has 16 heavy (non-hydrogen) atoms. The lowest BCUT2D eigenvalue weighted by atomic mass is 10.2. The molecule has 0 radical (unpaired) electrons. The van der Waals surface area contributed by atoms with Crippen molar-refractivity contribution in [3.05, 3.63) is 17.0 Å². The number of halogens is 1. The van der Waals surface area contributed by atoms with Crippen molar-refractivity contribution in [3.63, 3.8) is 0 Å². The average molecular weight is 242 g/mol. The van der Waals surface area contributed by atoms with Crippen molar-refractivity contribution >= 4 is 23.4 Å². The van der Waals surface area contributed by atoms with Crippen LogP contribution < -0.4 is 4.90 Å². The van der Waals surface area contributed by atoms with Gasteiger partial charge in [0.05, 0.1) is 6.42 Å². The number of hydrogen-bond donors (Lipinski definition) is 1. The monoisotopic (exact) mass is 241 g/mol. The summed E-state index contributed by atoms with van der Waals surface area (Å²) in [5, 5.41) is 9.06. The zero-order valence-corrected chi connectivity index (χ0v) is 9.44. The molecule has 1 saturated heterocycles. The van der Waals surface area contributed by atoms with Crippen LogP contribution in [0.1, 0.15) is 18.4 Å². The molecule has 1 N–H and O–H groups in total. The number of hydrogen-bond acceptors (Lipinski definition) is 4. The van der Waals surface area contributed by atoms with Crippen LogP contribution in [-0.2, 0) is 11.2 Å². The van der Waals surface area contributed by atoms with Crippen molar-refractivity contribution in [2.24, 2.45) is 0 Å². The summed E-state index contributed by atoms with van der Waals surface area (Å²) in [6.07, 6.45) is 3.45. The quantitative estimate of drug-likeness (QED) is 0.810. The molecule has 0 saturated carbocycles. The van der Waals surface area contributed by atoms with E-state index in [9.17, 15) is 4.79 Å². The van der Waals surface area contributed by atoms with Gasteiger partial charge in [-0.1, -0.05) is 11.6 Å². The number of carbonyl (C=O) groups is 1. The summed E-state index contributed by atoms with van der Waals surface area (Å²) < 4.78 is 0. The Morgan fingerprint density at radius 1 is 1.44 bits per heavy atom. The van der Waals surface area contributed by atoms with Crippen LogP contribution in [0, 0.1) is 0 Å². The zero-order chi connectivity index (χ0) is 11.5. The van der Waals surface area contributed by atoms with E-state index in [-0.39, 0.29) is 11.6 Å². The van der Waals surface area contributed by atoms with Crippen molar-refractivity contribution in [1.82, 2.24) is 9.97 Å². The zero-order valence-electron chi connectivity index (χ0n) is 8.69. The lowest BCUT2D eigenvalue weighted by Crippen LogP contribution is -2.22. The molecule has 86 valence electrons. The first-order valence-corrected chi connectivity index (χ1v) is 5.52. The van der Waals surface area contributed by atoms with E-state index >= 15 is 0 Å². The minimum absolute atomic E-state index is 0.133. The van der Waals surface area contributed by atoms with Gasteiger partial charge >= 0.3 is 5.97 Å². The van der Waals surface area contributed by atoms with Crippen LogP contribution >= 0.6 is 11.6 Å². The van der Waals surface area contributed by atoms with Crippen molar-refractivity contribution in [1.29, 1.82) is 0 Å². The molecule has 0 aromatic carbocycles. The molecular weight excluding hydrogens is 230 g/mol. The smallest absolute Gasteiger partial charge is 0.308 e. The first-order valence-electron chi connectivity index (χ1n) is 5.14. The predicted octanol–water partition coefficient (Wildman–Crippen LogP) is 1.36. The van der Waals surface area contributed by atoms with Crippen LogP contribution in [-0.4, -0.2) is 34.1 Å². The molecule has 0 aliphatic carbocycles. The lowest BCUT2D eigenvalue weighted by molar-refractivity contribution is -0.136. The molecule has 1 fully saturated rings. The van der Waals surface area contributed by atoms with Gasteiger partial charge in [-0.25, -0.2) is 9.97 Å². The summed E-state index contributed by atoms with van der Waals surface area (Å²) in [6.45, 7) is 1.81.